The Morgan fingerprint density at radius 1 is 1.19 bits per heavy atom. The first-order valence-electron chi connectivity index (χ1n) is 8.75. The van der Waals surface area contributed by atoms with Crippen molar-refractivity contribution < 1.29 is 4.79 Å². The van der Waals surface area contributed by atoms with E-state index in [9.17, 15) is 4.79 Å². The molecule has 1 aliphatic heterocycles. The van der Waals surface area contributed by atoms with Crippen LogP contribution >= 0.6 is 35.0 Å². The van der Waals surface area contributed by atoms with Gasteiger partial charge < -0.3 is 4.90 Å². The number of carbonyl (C=O) groups is 1. The van der Waals surface area contributed by atoms with Gasteiger partial charge in [-0.15, -0.1) is 11.8 Å². The highest BCUT2D eigenvalue weighted by atomic mass is 35.5. The maximum atomic E-state index is 12.7. The smallest absolute Gasteiger partial charge is 0.255 e. The van der Waals surface area contributed by atoms with Crippen LogP contribution in [0.1, 0.15) is 41.3 Å². The molecule has 26 heavy (non-hydrogen) atoms. The summed E-state index contributed by atoms with van der Waals surface area (Å²) in [6.07, 6.45) is 5.61. The number of amides is 1. The van der Waals surface area contributed by atoms with Crippen LogP contribution in [0.15, 0.2) is 35.5 Å². The fourth-order valence-electron chi connectivity index (χ4n) is 2.98. The lowest BCUT2D eigenvalue weighted by Gasteiger charge is -2.30. The largest absolute Gasteiger partial charge is 0.339 e. The summed E-state index contributed by atoms with van der Waals surface area (Å²) in [6.45, 7) is 5.87. The molecule has 0 aliphatic carbocycles. The number of piperidine rings is 1. The summed E-state index contributed by atoms with van der Waals surface area (Å²) in [7, 11) is 0. The number of nitrogens with zero attached hydrogens (tertiary/aromatic N) is 2. The van der Waals surface area contributed by atoms with Crippen molar-refractivity contribution in [2.24, 2.45) is 5.92 Å². The van der Waals surface area contributed by atoms with E-state index in [-0.39, 0.29) is 5.91 Å². The second-order valence-electron chi connectivity index (χ2n) is 6.88. The zero-order chi connectivity index (χ0) is 18.7. The molecule has 0 atom stereocenters. The number of hydrogen-bond acceptors (Lipinski definition) is 3. The van der Waals surface area contributed by atoms with Gasteiger partial charge in [0.15, 0.2) is 0 Å². The molecule has 0 saturated carbocycles. The Morgan fingerprint density at radius 2 is 1.92 bits per heavy atom. The molecule has 2 aromatic rings. The van der Waals surface area contributed by atoms with Crippen LogP contribution in [0, 0.1) is 12.8 Å². The fraction of sp³-hybridized carbons (Fsp3) is 0.400. The summed E-state index contributed by atoms with van der Waals surface area (Å²) < 4.78 is 0. The Labute approximate surface area is 169 Å². The first-order valence-corrected chi connectivity index (χ1v) is 10.5. The Morgan fingerprint density at radius 3 is 2.65 bits per heavy atom. The van der Waals surface area contributed by atoms with Gasteiger partial charge in [0, 0.05) is 41.2 Å². The molecule has 0 N–H and O–H groups in total. The summed E-state index contributed by atoms with van der Waals surface area (Å²) in [5.41, 5.74) is 2.67. The lowest BCUT2D eigenvalue weighted by Crippen LogP contribution is -2.37. The van der Waals surface area contributed by atoms with Crippen LogP contribution in [0.5, 0.6) is 0 Å². The third-order valence-corrected chi connectivity index (χ3v) is 6.68. The number of aryl methyl sites for hydroxylation is 1. The summed E-state index contributed by atoms with van der Waals surface area (Å²) in [5.74, 6) is 1.48. The van der Waals surface area contributed by atoms with Crippen molar-refractivity contribution in [3.05, 3.63) is 57.3 Å². The number of thioether (sulfide) groups is 1. The Balaban J connectivity index is 1.68. The van der Waals surface area contributed by atoms with Gasteiger partial charge in [0.1, 0.15) is 0 Å². The topological polar surface area (TPSA) is 33.2 Å². The first-order chi connectivity index (χ1) is 12.4. The normalized spacial score (nSPS) is 15.3. The minimum Gasteiger partial charge on any atom is -0.339 e. The monoisotopic (exact) mass is 408 g/mol. The number of pyridine rings is 1. The lowest BCUT2D eigenvalue weighted by atomic mass is 9.99. The number of likely N-dealkylation sites (tertiary alicyclic amines) is 1. The average Bonchev–Trinajstić information content (AvgIpc) is 2.64. The van der Waals surface area contributed by atoms with E-state index in [0.717, 1.165) is 42.0 Å². The van der Waals surface area contributed by atoms with E-state index in [2.05, 4.69) is 11.9 Å². The molecule has 3 rings (SSSR count). The van der Waals surface area contributed by atoms with Gasteiger partial charge in [-0.1, -0.05) is 30.1 Å². The van der Waals surface area contributed by atoms with Crippen LogP contribution in [0.4, 0.5) is 0 Å². The molecular formula is C20H22Cl2N2OS. The number of carbonyl (C=O) groups excluding carboxylic acids is 1. The van der Waals surface area contributed by atoms with Gasteiger partial charge in [0.2, 0.25) is 0 Å². The highest BCUT2D eigenvalue weighted by Gasteiger charge is 2.21. The zero-order valence-corrected chi connectivity index (χ0v) is 17.3. The van der Waals surface area contributed by atoms with Gasteiger partial charge in [-0.25, -0.2) is 0 Å². The second kappa shape index (κ2) is 8.64. The van der Waals surface area contributed by atoms with Gasteiger partial charge in [-0.2, -0.15) is 0 Å². The van der Waals surface area contributed by atoms with Crippen molar-refractivity contribution in [1.82, 2.24) is 9.88 Å². The minimum absolute atomic E-state index is 0.0802. The number of benzene rings is 1. The highest BCUT2D eigenvalue weighted by molar-refractivity contribution is 7.98. The van der Waals surface area contributed by atoms with Crippen LogP contribution in [0.2, 0.25) is 10.0 Å². The Hall–Kier alpha value is -1.23. The van der Waals surface area contributed by atoms with Crippen LogP contribution in [0.3, 0.4) is 0 Å². The molecule has 1 saturated heterocycles. The molecule has 3 nitrogen and oxygen atoms in total. The quantitative estimate of drug-likeness (QED) is 0.593. The van der Waals surface area contributed by atoms with Crippen LogP contribution in [-0.2, 0) is 5.75 Å². The molecule has 138 valence electrons. The molecule has 0 unspecified atom stereocenters. The van der Waals surface area contributed by atoms with Crippen molar-refractivity contribution >= 4 is 40.9 Å². The first kappa shape index (κ1) is 19.5. The van der Waals surface area contributed by atoms with Gasteiger partial charge in [0.25, 0.3) is 5.91 Å². The van der Waals surface area contributed by atoms with E-state index in [1.54, 1.807) is 30.2 Å². The van der Waals surface area contributed by atoms with Gasteiger partial charge in [-0.05, 0) is 55.0 Å². The summed E-state index contributed by atoms with van der Waals surface area (Å²) >= 11 is 14.0. The average molecular weight is 409 g/mol. The van der Waals surface area contributed by atoms with E-state index < -0.39 is 0 Å². The predicted molar refractivity (Wildman–Crippen MR) is 109 cm³/mol. The van der Waals surface area contributed by atoms with Crippen molar-refractivity contribution in [1.29, 1.82) is 0 Å². The predicted octanol–water partition coefficient (Wildman–Crippen LogP) is 5.86. The van der Waals surface area contributed by atoms with E-state index in [1.165, 1.54) is 0 Å². The van der Waals surface area contributed by atoms with Crippen LogP contribution < -0.4 is 0 Å². The SMILES string of the molecule is Cc1cc(SCc2cncc(C(=O)N3CCC(C)CC3)c2)c(Cl)cc1Cl. The number of hydrogen-bond donors (Lipinski definition) is 0. The van der Waals surface area contributed by atoms with Crippen LogP contribution in [-0.4, -0.2) is 28.9 Å². The maximum absolute atomic E-state index is 12.7. The van der Waals surface area contributed by atoms with E-state index >= 15 is 0 Å². The molecule has 0 bridgehead atoms. The molecule has 6 heteroatoms. The van der Waals surface area contributed by atoms with E-state index in [4.69, 9.17) is 23.2 Å². The number of rotatable bonds is 4. The van der Waals surface area contributed by atoms with Gasteiger partial charge >= 0.3 is 0 Å². The van der Waals surface area contributed by atoms with Gasteiger partial charge in [0.05, 0.1) is 10.6 Å². The molecule has 1 aromatic heterocycles. The van der Waals surface area contributed by atoms with Crippen molar-refractivity contribution in [2.75, 3.05) is 13.1 Å². The van der Waals surface area contributed by atoms with Crippen LogP contribution in [0.25, 0.3) is 0 Å². The van der Waals surface area contributed by atoms with Crippen molar-refractivity contribution in [3.8, 4) is 0 Å². The zero-order valence-electron chi connectivity index (χ0n) is 15.0. The van der Waals surface area contributed by atoms with Crippen molar-refractivity contribution in [3.63, 3.8) is 0 Å². The molecule has 0 spiro atoms. The summed E-state index contributed by atoms with van der Waals surface area (Å²) in [6, 6.07) is 5.71. The number of halogens is 2. The summed E-state index contributed by atoms with van der Waals surface area (Å²) in [5, 5.41) is 1.32. The Bertz CT molecular complexity index is 804. The highest BCUT2D eigenvalue weighted by Crippen LogP contribution is 2.33. The molecule has 1 amide bonds. The summed E-state index contributed by atoms with van der Waals surface area (Å²) in [4.78, 5) is 19.9. The fourth-order valence-corrected chi connectivity index (χ4v) is 4.46. The third-order valence-electron chi connectivity index (χ3n) is 4.72. The minimum atomic E-state index is 0.0802. The van der Waals surface area contributed by atoms with E-state index in [0.29, 0.717) is 27.3 Å². The number of aromatic nitrogens is 1. The molecule has 1 fully saturated rings. The van der Waals surface area contributed by atoms with Gasteiger partial charge in [-0.3, -0.25) is 9.78 Å². The second-order valence-corrected chi connectivity index (χ2v) is 8.71. The molecule has 1 aliphatic rings. The Kier molecular flexibility index (Phi) is 6.49. The maximum Gasteiger partial charge on any atom is 0.255 e. The lowest BCUT2D eigenvalue weighted by molar-refractivity contribution is 0.0696. The molecule has 0 radical (unpaired) electrons. The standard InChI is InChI=1S/C20H22Cl2N2OS/c1-13-3-5-24(6-4-13)20(25)16-8-15(10-23-11-16)12-26-19-7-14(2)17(21)9-18(19)22/h7-11,13H,3-6,12H2,1-2H3. The molecule has 2 heterocycles. The van der Waals surface area contributed by atoms with Crippen molar-refractivity contribution in [2.45, 2.75) is 37.3 Å². The third kappa shape index (κ3) is 4.73. The van der Waals surface area contributed by atoms with E-state index in [1.807, 2.05) is 24.0 Å². The molecular weight excluding hydrogens is 387 g/mol. The molecule has 1 aromatic carbocycles.